The second kappa shape index (κ2) is 7.72. The molecule has 0 aliphatic carbocycles. The molecule has 2 aromatic rings. The number of nitrogens with one attached hydrogen (secondary N) is 1. The van der Waals surface area contributed by atoms with Crippen molar-refractivity contribution in [2.24, 2.45) is 0 Å². The number of nitrogens with zero attached hydrogens (tertiary/aromatic N) is 2. The number of hydrogen-bond donors (Lipinski definition) is 1. The van der Waals surface area contributed by atoms with E-state index in [1.807, 2.05) is 18.2 Å². The van der Waals surface area contributed by atoms with Crippen LogP contribution in [-0.4, -0.2) is 42.4 Å². The molecule has 0 spiro atoms. The molecule has 5 nitrogen and oxygen atoms in total. The zero-order chi connectivity index (χ0) is 17.1. The highest BCUT2D eigenvalue weighted by Crippen LogP contribution is 2.36. The molecule has 1 aromatic carbocycles. The highest BCUT2D eigenvalue weighted by atomic mass is 32.1. The Morgan fingerprint density at radius 1 is 1.20 bits per heavy atom. The van der Waals surface area contributed by atoms with Crippen molar-refractivity contribution >= 4 is 11.3 Å². The van der Waals surface area contributed by atoms with Gasteiger partial charge in [-0.05, 0) is 51.1 Å². The van der Waals surface area contributed by atoms with Gasteiger partial charge in [-0.25, -0.2) is 4.98 Å². The third kappa shape index (κ3) is 4.14. The predicted molar refractivity (Wildman–Crippen MR) is 100 cm³/mol. The summed E-state index contributed by atoms with van der Waals surface area (Å²) in [6.07, 6.45) is 4.08. The van der Waals surface area contributed by atoms with E-state index in [4.69, 9.17) is 14.5 Å². The summed E-state index contributed by atoms with van der Waals surface area (Å²) in [7, 11) is 0. The van der Waals surface area contributed by atoms with Crippen molar-refractivity contribution in [3.63, 3.8) is 0 Å². The fraction of sp³-hybridized carbons (Fsp3) is 0.526. The molecule has 0 amide bonds. The molecule has 4 rings (SSSR count). The minimum Gasteiger partial charge on any atom is -0.454 e. The van der Waals surface area contributed by atoms with Gasteiger partial charge in [0.15, 0.2) is 11.5 Å². The van der Waals surface area contributed by atoms with E-state index in [2.05, 4.69) is 22.5 Å². The average molecular weight is 359 g/mol. The number of rotatable bonds is 6. The summed E-state index contributed by atoms with van der Waals surface area (Å²) in [6.45, 7) is 7.00. The Labute approximate surface area is 153 Å². The van der Waals surface area contributed by atoms with E-state index in [9.17, 15) is 0 Å². The van der Waals surface area contributed by atoms with Crippen LogP contribution in [-0.2, 0) is 6.54 Å². The molecule has 0 bridgehead atoms. The first kappa shape index (κ1) is 16.8. The van der Waals surface area contributed by atoms with Crippen molar-refractivity contribution < 1.29 is 9.47 Å². The van der Waals surface area contributed by atoms with Gasteiger partial charge in [0.05, 0.1) is 5.69 Å². The third-order valence-corrected chi connectivity index (χ3v) is 5.72. The zero-order valence-corrected chi connectivity index (χ0v) is 15.5. The van der Waals surface area contributed by atoms with Crippen molar-refractivity contribution in [2.45, 2.75) is 38.8 Å². The number of fused-ring (bicyclic) bond motifs is 1. The first-order valence-electron chi connectivity index (χ1n) is 9.08. The van der Waals surface area contributed by atoms with Crippen molar-refractivity contribution in [1.29, 1.82) is 0 Å². The van der Waals surface area contributed by atoms with Crippen molar-refractivity contribution in [3.8, 4) is 22.1 Å². The Balaban J connectivity index is 1.32. The van der Waals surface area contributed by atoms with Crippen LogP contribution in [0.15, 0.2) is 23.6 Å². The van der Waals surface area contributed by atoms with E-state index in [0.717, 1.165) is 40.9 Å². The van der Waals surface area contributed by atoms with Crippen LogP contribution in [0.4, 0.5) is 0 Å². The smallest absolute Gasteiger partial charge is 0.231 e. The summed E-state index contributed by atoms with van der Waals surface area (Å²) in [5, 5.41) is 6.78. The average Bonchev–Trinajstić information content (AvgIpc) is 3.29. The lowest BCUT2D eigenvalue weighted by molar-refractivity contribution is 0.174. The lowest BCUT2D eigenvalue weighted by Crippen LogP contribution is -2.41. The molecule has 6 heteroatoms. The van der Waals surface area contributed by atoms with Gasteiger partial charge in [-0.1, -0.05) is 6.42 Å². The summed E-state index contributed by atoms with van der Waals surface area (Å²) in [5.41, 5.74) is 2.19. The zero-order valence-electron chi connectivity index (χ0n) is 14.7. The van der Waals surface area contributed by atoms with E-state index in [1.165, 1.54) is 32.4 Å². The largest absolute Gasteiger partial charge is 0.454 e. The highest BCUT2D eigenvalue weighted by molar-refractivity contribution is 7.13. The fourth-order valence-electron chi connectivity index (χ4n) is 3.42. The molecule has 2 aliphatic rings. The van der Waals surface area contributed by atoms with E-state index in [1.54, 1.807) is 11.3 Å². The van der Waals surface area contributed by atoms with Gasteiger partial charge >= 0.3 is 0 Å². The van der Waals surface area contributed by atoms with Gasteiger partial charge in [-0.3, -0.25) is 0 Å². The molecule has 3 heterocycles. The number of ether oxygens (including phenoxy) is 2. The van der Waals surface area contributed by atoms with Crippen LogP contribution in [0.1, 0.15) is 31.9 Å². The van der Waals surface area contributed by atoms with E-state index >= 15 is 0 Å². The number of thiazole rings is 1. The van der Waals surface area contributed by atoms with Crippen molar-refractivity contribution in [2.75, 3.05) is 26.4 Å². The number of hydrogen-bond acceptors (Lipinski definition) is 6. The SMILES string of the molecule is CC(CN1CCCCC1)NCc1csc(-c2ccc3c(c2)OCO3)n1. The first-order valence-corrected chi connectivity index (χ1v) is 9.96. The number of benzene rings is 1. The Bertz CT molecular complexity index is 712. The van der Waals surface area contributed by atoms with E-state index in [0.29, 0.717) is 12.8 Å². The topological polar surface area (TPSA) is 46.6 Å². The molecule has 1 unspecified atom stereocenters. The van der Waals surface area contributed by atoms with Crippen LogP contribution >= 0.6 is 11.3 Å². The van der Waals surface area contributed by atoms with Gasteiger partial charge in [-0.2, -0.15) is 0 Å². The molecular weight excluding hydrogens is 334 g/mol. The summed E-state index contributed by atoms with van der Waals surface area (Å²) in [4.78, 5) is 7.34. The van der Waals surface area contributed by atoms with Crippen LogP contribution in [0.2, 0.25) is 0 Å². The second-order valence-corrected chi connectivity index (χ2v) is 7.71. The molecule has 2 aliphatic heterocycles. The molecule has 0 saturated carbocycles. The van der Waals surface area contributed by atoms with Gasteiger partial charge in [0, 0.05) is 30.1 Å². The van der Waals surface area contributed by atoms with Gasteiger partial charge in [0.1, 0.15) is 5.01 Å². The van der Waals surface area contributed by atoms with Gasteiger partial charge in [0.25, 0.3) is 0 Å². The minimum absolute atomic E-state index is 0.306. The maximum absolute atomic E-state index is 5.46. The lowest BCUT2D eigenvalue weighted by Gasteiger charge is -2.29. The molecule has 134 valence electrons. The van der Waals surface area contributed by atoms with Crippen LogP contribution in [0.3, 0.4) is 0 Å². The maximum atomic E-state index is 5.46. The Kier molecular flexibility index (Phi) is 5.20. The molecule has 1 N–H and O–H groups in total. The van der Waals surface area contributed by atoms with E-state index < -0.39 is 0 Å². The maximum Gasteiger partial charge on any atom is 0.231 e. The Morgan fingerprint density at radius 3 is 2.92 bits per heavy atom. The highest BCUT2D eigenvalue weighted by Gasteiger charge is 2.16. The van der Waals surface area contributed by atoms with Crippen LogP contribution in [0.25, 0.3) is 10.6 Å². The molecule has 1 saturated heterocycles. The van der Waals surface area contributed by atoms with Crippen molar-refractivity contribution in [1.82, 2.24) is 15.2 Å². The minimum atomic E-state index is 0.306. The third-order valence-electron chi connectivity index (χ3n) is 4.78. The summed E-state index contributed by atoms with van der Waals surface area (Å²) < 4.78 is 10.8. The predicted octanol–water partition coefficient (Wildman–Crippen LogP) is 3.50. The molecule has 1 fully saturated rings. The molecule has 0 radical (unpaired) electrons. The number of likely N-dealkylation sites (tertiary alicyclic amines) is 1. The van der Waals surface area contributed by atoms with Gasteiger partial charge in [-0.15, -0.1) is 11.3 Å². The summed E-state index contributed by atoms with van der Waals surface area (Å²) >= 11 is 1.68. The second-order valence-electron chi connectivity index (χ2n) is 6.86. The van der Waals surface area contributed by atoms with Crippen molar-refractivity contribution in [3.05, 3.63) is 29.3 Å². The van der Waals surface area contributed by atoms with Crippen LogP contribution < -0.4 is 14.8 Å². The van der Waals surface area contributed by atoms with Gasteiger partial charge in [0.2, 0.25) is 6.79 Å². The van der Waals surface area contributed by atoms with E-state index in [-0.39, 0.29) is 0 Å². The molecular formula is C19H25N3O2S. The number of aromatic nitrogens is 1. The molecule has 25 heavy (non-hydrogen) atoms. The number of piperidine rings is 1. The summed E-state index contributed by atoms with van der Waals surface area (Å²) in [6, 6.07) is 6.49. The van der Waals surface area contributed by atoms with Gasteiger partial charge < -0.3 is 19.7 Å². The quantitative estimate of drug-likeness (QED) is 0.855. The normalized spacial score (nSPS) is 18.4. The molecule has 1 aromatic heterocycles. The monoisotopic (exact) mass is 359 g/mol. The Morgan fingerprint density at radius 2 is 2.04 bits per heavy atom. The Hall–Kier alpha value is -1.63. The molecule has 1 atom stereocenters. The van der Waals surface area contributed by atoms with Crippen LogP contribution in [0.5, 0.6) is 11.5 Å². The van der Waals surface area contributed by atoms with Crippen LogP contribution in [0, 0.1) is 0 Å². The summed E-state index contributed by atoms with van der Waals surface area (Å²) in [5.74, 6) is 1.62. The fourth-order valence-corrected chi connectivity index (χ4v) is 4.24. The lowest BCUT2D eigenvalue weighted by atomic mass is 10.1. The first-order chi connectivity index (χ1) is 12.3. The standard InChI is InChI=1S/C19H25N3O2S/c1-14(11-22-7-3-2-4-8-22)20-10-16-12-25-19(21-16)15-5-6-17-18(9-15)24-13-23-17/h5-6,9,12,14,20H,2-4,7-8,10-11,13H2,1H3.